The quantitative estimate of drug-likeness (QED) is 0.207. The molecule has 1 saturated carbocycles. The lowest BCUT2D eigenvalue weighted by Crippen LogP contribution is -2.53. The van der Waals surface area contributed by atoms with E-state index >= 15 is 0 Å². The second-order valence-corrected chi connectivity index (χ2v) is 15.7. The number of phenols is 1. The topological polar surface area (TPSA) is 192 Å². The molecule has 306 valence electrons. The highest BCUT2D eigenvalue weighted by Gasteiger charge is 2.33. The number of phenolic OH excluding ortho intramolecular Hbond substituents is 1. The molecule has 4 aliphatic rings. The zero-order chi connectivity index (χ0) is 41.2. The van der Waals surface area contributed by atoms with Crippen molar-refractivity contribution in [3.8, 4) is 11.8 Å². The third-order valence-electron chi connectivity index (χ3n) is 11.5. The van der Waals surface area contributed by atoms with Crippen LogP contribution in [0.2, 0.25) is 5.02 Å². The summed E-state index contributed by atoms with van der Waals surface area (Å²) in [5.41, 5.74) is 2.17. The number of rotatable bonds is 9. The Morgan fingerprint density at radius 1 is 0.966 bits per heavy atom. The Morgan fingerprint density at radius 3 is 2.34 bits per heavy atom. The molecule has 3 N–H and O–H groups in total. The van der Waals surface area contributed by atoms with E-state index in [2.05, 4.69) is 35.3 Å². The van der Waals surface area contributed by atoms with Gasteiger partial charge in [0.05, 0.1) is 28.5 Å². The minimum absolute atomic E-state index is 0.0731. The molecular weight excluding hydrogens is 762 g/mol. The van der Waals surface area contributed by atoms with Crippen LogP contribution >= 0.6 is 11.6 Å². The van der Waals surface area contributed by atoms with E-state index < -0.39 is 17.9 Å². The van der Waals surface area contributed by atoms with Gasteiger partial charge >= 0.3 is 0 Å². The number of nitrogens with one attached hydrogen (secondary N) is 2. The van der Waals surface area contributed by atoms with Gasteiger partial charge in [-0.3, -0.25) is 34.2 Å². The van der Waals surface area contributed by atoms with Crippen LogP contribution in [-0.4, -0.2) is 120 Å². The van der Waals surface area contributed by atoms with Crippen molar-refractivity contribution in [3.63, 3.8) is 0 Å². The smallest absolute Gasteiger partial charge is 0.271 e. The molecule has 7 rings (SSSR count). The summed E-state index contributed by atoms with van der Waals surface area (Å²) in [5, 5.41) is 22.9. The van der Waals surface area contributed by atoms with E-state index in [4.69, 9.17) is 22.0 Å². The lowest BCUT2D eigenvalue weighted by atomic mass is 9.95. The van der Waals surface area contributed by atoms with Crippen LogP contribution < -0.4 is 20.4 Å². The van der Waals surface area contributed by atoms with E-state index in [1.54, 1.807) is 24.5 Å². The second kappa shape index (κ2) is 19.7. The maximum Gasteiger partial charge on any atom is 0.271 e. The first kappa shape index (κ1) is 42.0. The number of carbonyl (C=O) groups excluding carboxylic acids is 5. The van der Waals surface area contributed by atoms with Crippen LogP contribution in [-0.2, 0) is 9.59 Å². The number of piperidine rings is 2. The fraction of sp³-hybridized carbons (Fsp3) is 0.476. The average Bonchev–Trinajstić information content (AvgIpc) is 3.24. The predicted molar refractivity (Wildman–Crippen MR) is 218 cm³/mol. The molecular formula is C42H50ClN9O6. The summed E-state index contributed by atoms with van der Waals surface area (Å²) in [6.07, 6.45) is 12.2. The molecule has 1 aliphatic carbocycles. The minimum Gasteiger partial charge on any atom is -0.508 e. The summed E-state index contributed by atoms with van der Waals surface area (Å²) in [7, 11) is 1.53. The molecule has 58 heavy (non-hydrogen) atoms. The molecule has 1 unspecified atom stereocenters. The molecule has 1 aromatic heterocycles. The van der Waals surface area contributed by atoms with Gasteiger partial charge < -0.3 is 25.1 Å². The van der Waals surface area contributed by atoms with Crippen molar-refractivity contribution in [1.82, 2.24) is 30.4 Å². The molecule has 16 heteroatoms. The van der Waals surface area contributed by atoms with Gasteiger partial charge in [-0.15, -0.1) is 0 Å². The predicted octanol–water partition coefficient (Wildman–Crippen LogP) is 4.18. The number of imide groups is 1. The van der Waals surface area contributed by atoms with E-state index in [-0.39, 0.29) is 52.6 Å². The molecule has 2 aromatic carbocycles. The number of aromatic nitrogens is 2. The zero-order valence-corrected chi connectivity index (χ0v) is 33.5. The fourth-order valence-electron chi connectivity index (χ4n) is 8.02. The highest BCUT2D eigenvalue weighted by molar-refractivity contribution is 6.31. The van der Waals surface area contributed by atoms with Crippen LogP contribution in [0, 0.1) is 17.2 Å². The van der Waals surface area contributed by atoms with Crippen molar-refractivity contribution in [2.75, 3.05) is 62.7 Å². The zero-order valence-electron chi connectivity index (χ0n) is 32.7. The molecule has 3 saturated heterocycles. The monoisotopic (exact) mass is 811 g/mol. The molecule has 0 spiro atoms. The first-order chi connectivity index (χ1) is 28.0. The number of aldehydes is 1. The van der Waals surface area contributed by atoms with Gasteiger partial charge in [0, 0.05) is 76.6 Å². The van der Waals surface area contributed by atoms with E-state index in [9.17, 15) is 24.0 Å². The van der Waals surface area contributed by atoms with Crippen molar-refractivity contribution in [1.29, 1.82) is 5.26 Å². The van der Waals surface area contributed by atoms with Gasteiger partial charge in [0.15, 0.2) is 6.29 Å². The standard InChI is InChI=1S/C35H46N8O5.C7H4ClNO/c1-40(30-9-10-32(45)39-34(30)47)35(48)28-8-7-27(19-25(28)23-44)42-17-15-41(16-18-42)22-24-11-13-43(14-12-24)31-21-36-29(20-37-31)33(46)38-26-5-3-2-4-6-26;8-7-3-6(10)2-1-5(7)4-9/h7-8,19-21,23-24,26,30H,2-6,9-18,22H2,1H3,(H,38,46)(H,39,45,47);1-3,10H. The number of amides is 4. The van der Waals surface area contributed by atoms with E-state index in [1.807, 2.05) is 12.1 Å². The van der Waals surface area contributed by atoms with Crippen molar-refractivity contribution in [2.45, 2.75) is 69.9 Å². The summed E-state index contributed by atoms with van der Waals surface area (Å²) in [4.78, 5) is 79.0. The van der Waals surface area contributed by atoms with E-state index in [0.717, 1.165) is 83.0 Å². The molecule has 4 amide bonds. The SMILES string of the molecule is CN(C(=O)c1ccc(N2CCN(CC3CCN(c4cnc(C(=O)NC5CCCCC5)cn4)CC3)CC2)cc1C=O)C1CCC(=O)NC1=O.N#Cc1ccc(O)cc1Cl. The molecule has 3 aliphatic heterocycles. The van der Waals surface area contributed by atoms with Gasteiger partial charge in [-0.25, -0.2) is 9.97 Å². The Morgan fingerprint density at radius 2 is 1.71 bits per heavy atom. The van der Waals surface area contributed by atoms with E-state index in [0.29, 0.717) is 23.5 Å². The van der Waals surface area contributed by atoms with Crippen LogP contribution in [0.4, 0.5) is 11.5 Å². The van der Waals surface area contributed by atoms with Gasteiger partial charge in [0.25, 0.3) is 11.8 Å². The summed E-state index contributed by atoms with van der Waals surface area (Å²) >= 11 is 5.55. The van der Waals surface area contributed by atoms with Gasteiger partial charge in [0.1, 0.15) is 29.4 Å². The van der Waals surface area contributed by atoms with E-state index in [1.165, 1.54) is 49.4 Å². The second-order valence-electron chi connectivity index (χ2n) is 15.3. The number of benzene rings is 2. The number of piperazine rings is 1. The Bertz CT molecular complexity index is 2000. The summed E-state index contributed by atoms with van der Waals surface area (Å²) < 4.78 is 0. The van der Waals surface area contributed by atoms with Crippen LogP contribution in [0.3, 0.4) is 0 Å². The number of hydrogen-bond donors (Lipinski definition) is 3. The third-order valence-corrected chi connectivity index (χ3v) is 11.8. The van der Waals surface area contributed by atoms with Gasteiger partial charge in [-0.2, -0.15) is 5.26 Å². The van der Waals surface area contributed by atoms with Crippen molar-refractivity contribution >= 4 is 53.0 Å². The number of hydrogen-bond acceptors (Lipinski definition) is 12. The molecule has 0 bridgehead atoms. The number of nitriles is 1. The highest BCUT2D eigenvalue weighted by atomic mass is 35.5. The third kappa shape index (κ3) is 10.7. The lowest BCUT2D eigenvalue weighted by molar-refractivity contribution is -0.136. The molecule has 4 heterocycles. The minimum atomic E-state index is -0.750. The highest BCUT2D eigenvalue weighted by Crippen LogP contribution is 2.26. The van der Waals surface area contributed by atoms with Gasteiger partial charge in [-0.1, -0.05) is 30.9 Å². The Kier molecular flexibility index (Phi) is 14.3. The number of halogens is 1. The summed E-state index contributed by atoms with van der Waals surface area (Å²) in [5.74, 6) is 0.0947. The fourth-order valence-corrected chi connectivity index (χ4v) is 8.24. The Hall–Kier alpha value is -5.59. The number of aromatic hydroxyl groups is 1. The molecule has 15 nitrogen and oxygen atoms in total. The maximum absolute atomic E-state index is 13.2. The lowest BCUT2D eigenvalue weighted by Gasteiger charge is -2.40. The first-order valence-corrected chi connectivity index (χ1v) is 20.3. The van der Waals surface area contributed by atoms with Crippen LogP contribution in [0.25, 0.3) is 0 Å². The Balaban J connectivity index is 0.000000496. The molecule has 0 radical (unpaired) electrons. The van der Waals surface area contributed by atoms with Gasteiger partial charge in [-0.05, 0) is 74.4 Å². The largest absolute Gasteiger partial charge is 0.508 e. The first-order valence-electron chi connectivity index (χ1n) is 20.0. The molecule has 3 aromatic rings. The Labute approximate surface area is 343 Å². The number of likely N-dealkylation sites (N-methyl/N-ethyl adjacent to an activating group) is 1. The van der Waals surface area contributed by atoms with Crippen molar-refractivity contribution in [2.24, 2.45) is 5.92 Å². The van der Waals surface area contributed by atoms with Crippen LogP contribution in [0.5, 0.6) is 5.75 Å². The summed E-state index contributed by atoms with van der Waals surface area (Å²) in [6.45, 7) is 6.30. The number of anilines is 2. The number of carbonyl (C=O) groups is 5. The van der Waals surface area contributed by atoms with Crippen LogP contribution in [0.15, 0.2) is 48.8 Å². The van der Waals surface area contributed by atoms with Crippen LogP contribution in [0.1, 0.15) is 94.6 Å². The maximum atomic E-state index is 13.2. The van der Waals surface area contributed by atoms with Crippen molar-refractivity contribution in [3.05, 3.63) is 76.2 Å². The average molecular weight is 812 g/mol. The number of nitrogens with zero attached hydrogens (tertiary/aromatic N) is 7. The van der Waals surface area contributed by atoms with Gasteiger partial charge in [0.2, 0.25) is 11.8 Å². The normalized spacial score (nSPS) is 19.3. The summed E-state index contributed by atoms with van der Waals surface area (Å²) in [6, 6.07) is 10.9. The van der Waals surface area contributed by atoms with Crippen molar-refractivity contribution < 1.29 is 29.1 Å². The molecule has 4 fully saturated rings. The molecule has 1 atom stereocenters.